The summed E-state index contributed by atoms with van der Waals surface area (Å²) in [5.41, 5.74) is 1.59. The number of halogens is 1. The Kier molecular flexibility index (Phi) is 5.08. The van der Waals surface area contributed by atoms with Gasteiger partial charge in [0.1, 0.15) is 17.4 Å². The number of nitrogens with one attached hydrogen (secondary N) is 3. The summed E-state index contributed by atoms with van der Waals surface area (Å²) in [5, 5.41) is 32.4. The lowest BCUT2D eigenvalue weighted by molar-refractivity contribution is 0.192. The summed E-state index contributed by atoms with van der Waals surface area (Å²) < 4.78 is 14.6. The molecule has 30 heavy (non-hydrogen) atoms. The molecule has 0 amide bonds. The molecule has 0 spiro atoms. The van der Waals surface area contributed by atoms with Crippen molar-refractivity contribution in [2.45, 2.75) is 44.2 Å². The van der Waals surface area contributed by atoms with E-state index >= 15 is 0 Å². The summed E-state index contributed by atoms with van der Waals surface area (Å²) in [6.45, 7) is 0.877. The molecule has 2 aliphatic heterocycles. The Labute approximate surface area is 174 Å². The second-order valence-corrected chi connectivity index (χ2v) is 8.35. The van der Waals surface area contributed by atoms with Crippen LogP contribution in [0, 0.1) is 11.7 Å². The summed E-state index contributed by atoms with van der Waals surface area (Å²) in [6.07, 6.45) is 9.38. The zero-order valence-electron chi connectivity index (χ0n) is 16.6. The molecule has 8 heteroatoms. The fraction of sp³-hybridized carbons (Fsp3) is 0.409. The molecule has 3 aromatic rings. The van der Waals surface area contributed by atoms with E-state index in [1.54, 1.807) is 12.3 Å². The van der Waals surface area contributed by atoms with Gasteiger partial charge in [-0.25, -0.2) is 4.39 Å². The molecule has 2 saturated heterocycles. The highest BCUT2D eigenvalue weighted by atomic mass is 19.1. The lowest BCUT2D eigenvalue weighted by Gasteiger charge is -2.40. The van der Waals surface area contributed by atoms with Crippen LogP contribution in [0.1, 0.15) is 32.1 Å². The van der Waals surface area contributed by atoms with Crippen LogP contribution in [0.25, 0.3) is 22.4 Å². The van der Waals surface area contributed by atoms with Gasteiger partial charge in [-0.2, -0.15) is 5.10 Å². The van der Waals surface area contributed by atoms with Crippen molar-refractivity contribution in [3.63, 3.8) is 0 Å². The van der Waals surface area contributed by atoms with E-state index in [2.05, 4.69) is 31.0 Å². The predicted octanol–water partition coefficient (Wildman–Crippen LogP) is 3.71. The highest BCUT2D eigenvalue weighted by Crippen LogP contribution is 2.34. The van der Waals surface area contributed by atoms with Gasteiger partial charge in [-0.3, -0.25) is 5.10 Å². The molecule has 1 aromatic carbocycles. The van der Waals surface area contributed by atoms with Crippen molar-refractivity contribution < 1.29 is 9.50 Å². The van der Waals surface area contributed by atoms with Gasteiger partial charge in [-0.05, 0) is 55.9 Å². The molecule has 2 atom stereocenters. The number of piperidine rings is 2. The number of hydrogen-bond acceptors (Lipinski definition) is 6. The number of hydrogen-bond donors (Lipinski definition) is 4. The number of phenols is 1. The first-order valence-corrected chi connectivity index (χ1v) is 10.5. The normalized spacial score (nSPS) is 23.3. The summed E-state index contributed by atoms with van der Waals surface area (Å²) >= 11 is 0. The second-order valence-electron chi connectivity index (χ2n) is 8.35. The topological polar surface area (TPSA) is 98.8 Å². The molecule has 2 fully saturated rings. The monoisotopic (exact) mass is 408 g/mol. The number of benzene rings is 1. The summed E-state index contributed by atoms with van der Waals surface area (Å²) in [6, 6.07) is 7.55. The highest BCUT2D eigenvalue weighted by molar-refractivity contribution is 5.74. The van der Waals surface area contributed by atoms with Crippen LogP contribution in [0.5, 0.6) is 5.75 Å². The molecule has 2 bridgehead atoms. The van der Waals surface area contributed by atoms with E-state index in [9.17, 15) is 9.50 Å². The second kappa shape index (κ2) is 8.02. The summed E-state index contributed by atoms with van der Waals surface area (Å²) in [5.74, 6) is 0.822. The fourth-order valence-electron chi connectivity index (χ4n) is 4.76. The standard InChI is InChI=1S/C22H25FN6O/c23-19-8-18(21(30)9-17(19)14-11-25-26-12-14)20-4-5-22(29-28-20)24-10-13-6-15-2-1-3-16(7-13)27-15/h4-5,8-9,11-13,15-16,27,30H,1-3,6-7,10H2,(H,24,29)(H,25,26). The SMILES string of the molecule is Oc1cc(-c2cn[nH]c2)c(F)cc1-c1ccc(NCC2CC3CCCC(C2)N3)nn1. The number of nitrogens with zero attached hydrogens (tertiary/aromatic N) is 3. The van der Waals surface area contributed by atoms with Crippen LogP contribution in [-0.2, 0) is 0 Å². The van der Waals surface area contributed by atoms with Crippen molar-refractivity contribution in [1.82, 2.24) is 25.7 Å². The van der Waals surface area contributed by atoms with E-state index in [1.165, 1.54) is 50.4 Å². The fourth-order valence-corrected chi connectivity index (χ4v) is 4.76. The Hall–Kier alpha value is -3.00. The Balaban J connectivity index is 1.26. The molecule has 0 saturated carbocycles. The molecule has 0 aliphatic carbocycles. The number of fused-ring (bicyclic) bond motifs is 2. The van der Waals surface area contributed by atoms with Crippen molar-refractivity contribution in [1.29, 1.82) is 0 Å². The van der Waals surface area contributed by atoms with E-state index in [0.717, 1.165) is 6.54 Å². The summed E-state index contributed by atoms with van der Waals surface area (Å²) in [7, 11) is 0. The maximum absolute atomic E-state index is 14.6. The predicted molar refractivity (Wildman–Crippen MR) is 112 cm³/mol. The smallest absolute Gasteiger partial charge is 0.148 e. The van der Waals surface area contributed by atoms with Crippen LogP contribution in [0.2, 0.25) is 0 Å². The van der Waals surface area contributed by atoms with Crippen molar-refractivity contribution in [2.75, 3.05) is 11.9 Å². The third kappa shape index (κ3) is 3.87. The minimum Gasteiger partial charge on any atom is -0.507 e. The van der Waals surface area contributed by atoms with Crippen LogP contribution >= 0.6 is 0 Å². The van der Waals surface area contributed by atoms with Gasteiger partial charge in [0.15, 0.2) is 0 Å². The van der Waals surface area contributed by atoms with Crippen LogP contribution in [-0.4, -0.2) is 44.1 Å². The van der Waals surface area contributed by atoms with Crippen molar-refractivity contribution >= 4 is 5.82 Å². The molecule has 2 unspecified atom stereocenters. The molecule has 5 rings (SSSR count). The van der Waals surface area contributed by atoms with E-state index in [0.29, 0.717) is 40.6 Å². The van der Waals surface area contributed by atoms with Crippen LogP contribution in [0.4, 0.5) is 10.2 Å². The van der Waals surface area contributed by atoms with Gasteiger partial charge in [0.25, 0.3) is 0 Å². The van der Waals surface area contributed by atoms with Gasteiger partial charge in [0, 0.05) is 41.5 Å². The number of aromatic nitrogens is 4. The Morgan fingerprint density at radius 3 is 2.63 bits per heavy atom. The lowest BCUT2D eigenvalue weighted by atomic mass is 9.80. The number of aromatic hydroxyl groups is 1. The first-order chi connectivity index (χ1) is 14.7. The third-order valence-corrected chi connectivity index (χ3v) is 6.22. The number of anilines is 1. The Morgan fingerprint density at radius 1 is 1.10 bits per heavy atom. The molecule has 2 aromatic heterocycles. The number of phenolic OH excluding ortho intramolecular Hbond substituents is 1. The molecule has 0 radical (unpaired) electrons. The number of H-pyrrole nitrogens is 1. The molecule has 7 nitrogen and oxygen atoms in total. The lowest BCUT2D eigenvalue weighted by Crippen LogP contribution is -2.49. The van der Waals surface area contributed by atoms with E-state index in [-0.39, 0.29) is 11.3 Å². The number of aromatic amines is 1. The average molecular weight is 408 g/mol. The van der Waals surface area contributed by atoms with Crippen LogP contribution in [0.3, 0.4) is 0 Å². The molecule has 156 valence electrons. The minimum absolute atomic E-state index is 0.0520. The van der Waals surface area contributed by atoms with Gasteiger partial charge in [0.2, 0.25) is 0 Å². The molecule has 4 heterocycles. The maximum atomic E-state index is 14.6. The Bertz CT molecular complexity index is 995. The van der Waals surface area contributed by atoms with Gasteiger partial charge >= 0.3 is 0 Å². The largest absolute Gasteiger partial charge is 0.507 e. The summed E-state index contributed by atoms with van der Waals surface area (Å²) in [4.78, 5) is 0. The zero-order valence-corrected chi connectivity index (χ0v) is 16.6. The van der Waals surface area contributed by atoms with Gasteiger partial charge in [-0.1, -0.05) is 6.42 Å². The first kappa shape index (κ1) is 19.0. The van der Waals surface area contributed by atoms with Gasteiger partial charge < -0.3 is 15.7 Å². The molecule has 2 aliphatic rings. The first-order valence-electron chi connectivity index (χ1n) is 10.5. The average Bonchev–Trinajstić information content (AvgIpc) is 3.28. The molecular weight excluding hydrogens is 383 g/mol. The van der Waals surface area contributed by atoms with E-state index < -0.39 is 5.82 Å². The van der Waals surface area contributed by atoms with Crippen molar-refractivity contribution in [3.05, 3.63) is 42.5 Å². The molecule has 4 N–H and O–H groups in total. The van der Waals surface area contributed by atoms with Gasteiger partial charge in [0.05, 0.1) is 11.9 Å². The van der Waals surface area contributed by atoms with Crippen LogP contribution < -0.4 is 10.6 Å². The van der Waals surface area contributed by atoms with Crippen LogP contribution in [0.15, 0.2) is 36.7 Å². The quantitative estimate of drug-likeness (QED) is 0.514. The van der Waals surface area contributed by atoms with E-state index in [4.69, 9.17) is 0 Å². The van der Waals surface area contributed by atoms with Crippen molar-refractivity contribution in [2.24, 2.45) is 5.92 Å². The maximum Gasteiger partial charge on any atom is 0.148 e. The Morgan fingerprint density at radius 2 is 1.93 bits per heavy atom. The third-order valence-electron chi connectivity index (χ3n) is 6.22. The zero-order chi connectivity index (χ0) is 20.5. The van der Waals surface area contributed by atoms with Gasteiger partial charge in [-0.15, -0.1) is 10.2 Å². The van der Waals surface area contributed by atoms with Crippen molar-refractivity contribution in [3.8, 4) is 28.1 Å². The number of rotatable bonds is 5. The van der Waals surface area contributed by atoms with E-state index in [1.807, 2.05) is 6.07 Å². The highest BCUT2D eigenvalue weighted by Gasteiger charge is 2.30. The minimum atomic E-state index is -0.454. The molecular formula is C22H25FN6O.